The molecule has 1 N–H and O–H groups in total. The van der Waals surface area contributed by atoms with Crippen molar-refractivity contribution in [2.75, 3.05) is 13.1 Å². The minimum absolute atomic E-state index is 0.0802. The Balaban J connectivity index is 2.14. The van der Waals surface area contributed by atoms with Crippen LogP contribution in [0.15, 0.2) is 29.8 Å². The summed E-state index contributed by atoms with van der Waals surface area (Å²) in [5.74, 6) is -1.86. The third-order valence-corrected chi connectivity index (χ3v) is 3.05. The number of hydrogen-bond acceptors (Lipinski definition) is 3. The van der Waals surface area contributed by atoms with E-state index in [-0.39, 0.29) is 30.9 Å². The average Bonchev–Trinajstić information content (AvgIpc) is 2.46. The molecule has 5 nitrogen and oxygen atoms in total. The maximum atomic E-state index is 12.5. The van der Waals surface area contributed by atoms with Crippen molar-refractivity contribution >= 4 is 11.9 Å². The predicted molar refractivity (Wildman–Crippen MR) is 65.9 cm³/mol. The third-order valence-electron chi connectivity index (χ3n) is 3.05. The molecule has 1 amide bonds. The Labute approximate surface area is 117 Å². The van der Waals surface area contributed by atoms with E-state index in [1.165, 1.54) is 23.1 Å². The molecule has 2 rings (SSSR count). The lowest BCUT2D eigenvalue weighted by Crippen LogP contribution is -2.37. The molecule has 0 bridgehead atoms. The first-order valence-corrected chi connectivity index (χ1v) is 6.05. The van der Waals surface area contributed by atoms with Crippen LogP contribution in [0.25, 0.3) is 0 Å². The second-order valence-corrected chi connectivity index (χ2v) is 4.44. The number of aromatic nitrogens is 1. The lowest BCUT2D eigenvalue weighted by molar-refractivity contribution is -0.0957. The van der Waals surface area contributed by atoms with Crippen molar-refractivity contribution in [3.63, 3.8) is 0 Å². The normalized spacial score (nSPS) is 15.6. The molecule has 1 aliphatic rings. The average molecular weight is 300 g/mol. The molecule has 0 saturated heterocycles. The highest BCUT2D eigenvalue weighted by atomic mass is 19.4. The zero-order valence-corrected chi connectivity index (χ0v) is 10.7. The van der Waals surface area contributed by atoms with Crippen LogP contribution in [0.4, 0.5) is 13.2 Å². The van der Waals surface area contributed by atoms with Crippen LogP contribution in [0, 0.1) is 0 Å². The summed E-state index contributed by atoms with van der Waals surface area (Å²) in [5, 5.41) is 8.80. The van der Waals surface area contributed by atoms with Gasteiger partial charge in [-0.25, -0.2) is 9.78 Å². The van der Waals surface area contributed by atoms with Crippen molar-refractivity contribution in [2.24, 2.45) is 0 Å². The molecule has 1 aromatic rings. The fourth-order valence-electron chi connectivity index (χ4n) is 1.95. The molecule has 0 aromatic carbocycles. The number of carboxylic acid groups (broad SMARTS) is 1. The van der Waals surface area contributed by atoms with E-state index >= 15 is 0 Å². The van der Waals surface area contributed by atoms with E-state index in [4.69, 9.17) is 5.11 Å². The van der Waals surface area contributed by atoms with Gasteiger partial charge in [-0.2, -0.15) is 13.2 Å². The van der Waals surface area contributed by atoms with Gasteiger partial charge in [-0.15, -0.1) is 0 Å². The van der Waals surface area contributed by atoms with Gasteiger partial charge in [0, 0.05) is 18.7 Å². The third kappa shape index (κ3) is 3.39. The topological polar surface area (TPSA) is 70.5 Å². The monoisotopic (exact) mass is 300 g/mol. The maximum Gasteiger partial charge on any atom is 0.412 e. The van der Waals surface area contributed by atoms with Crippen LogP contribution in [-0.4, -0.2) is 46.1 Å². The minimum Gasteiger partial charge on any atom is -0.477 e. The number of alkyl halides is 3. The summed E-state index contributed by atoms with van der Waals surface area (Å²) in [6.45, 7) is -0.254. The largest absolute Gasteiger partial charge is 0.477 e. The highest BCUT2D eigenvalue weighted by molar-refractivity contribution is 5.94. The van der Waals surface area contributed by atoms with Crippen LogP contribution < -0.4 is 0 Å². The summed E-state index contributed by atoms with van der Waals surface area (Å²) in [7, 11) is 0. The van der Waals surface area contributed by atoms with Crippen LogP contribution in [-0.2, 0) is 0 Å². The van der Waals surface area contributed by atoms with E-state index in [9.17, 15) is 22.8 Å². The van der Waals surface area contributed by atoms with E-state index < -0.39 is 23.6 Å². The van der Waals surface area contributed by atoms with Gasteiger partial charge < -0.3 is 10.0 Å². The molecule has 0 atom stereocenters. The van der Waals surface area contributed by atoms with E-state index in [1.54, 1.807) is 0 Å². The van der Waals surface area contributed by atoms with Gasteiger partial charge in [0.2, 0.25) is 0 Å². The molecule has 0 fully saturated rings. The lowest BCUT2D eigenvalue weighted by atomic mass is 10.1. The van der Waals surface area contributed by atoms with Crippen molar-refractivity contribution in [1.82, 2.24) is 9.88 Å². The summed E-state index contributed by atoms with van der Waals surface area (Å²) < 4.78 is 37.5. The zero-order valence-electron chi connectivity index (χ0n) is 10.7. The fraction of sp³-hybridized carbons (Fsp3) is 0.308. The number of hydrogen-bond donors (Lipinski definition) is 1. The summed E-state index contributed by atoms with van der Waals surface area (Å²) in [6.07, 6.45) is -3.70. The summed E-state index contributed by atoms with van der Waals surface area (Å²) in [6, 6.07) is 3.93. The number of nitrogens with zero attached hydrogens (tertiary/aromatic N) is 2. The standard InChI is InChI=1S/C13H11F3N2O3/c14-13(15,16)8-4-6-18(7-5-8)11(19)9-2-1-3-10(17-9)12(20)21/h1-4H,5-7H2,(H,20,21). The van der Waals surface area contributed by atoms with Crippen LogP contribution in [0.2, 0.25) is 0 Å². The van der Waals surface area contributed by atoms with Crippen molar-refractivity contribution in [2.45, 2.75) is 12.6 Å². The Morgan fingerprint density at radius 2 is 1.90 bits per heavy atom. The van der Waals surface area contributed by atoms with E-state index in [1.807, 2.05) is 0 Å². The molecule has 1 aromatic heterocycles. The van der Waals surface area contributed by atoms with Crippen molar-refractivity contribution < 1.29 is 27.9 Å². The molecule has 0 saturated carbocycles. The lowest BCUT2D eigenvalue weighted by Gasteiger charge is -2.27. The van der Waals surface area contributed by atoms with E-state index in [0.29, 0.717) is 0 Å². The fourth-order valence-corrected chi connectivity index (χ4v) is 1.95. The number of aromatic carboxylic acids is 1. The number of amides is 1. The predicted octanol–water partition coefficient (Wildman–Crippen LogP) is 2.11. The van der Waals surface area contributed by atoms with Gasteiger partial charge in [-0.3, -0.25) is 4.79 Å². The van der Waals surface area contributed by atoms with Crippen molar-refractivity contribution in [3.05, 3.63) is 41.2 Å². The Kier molecular flexibility index (Phi) is 3.97. The molecule has 2 heterocycles. The zero-order chi connectivity index (χ0) is 15.6. The summed E-state index contributed by atoms with van der Waals surface area (Å²) in [5.41, 5.74) is -1.04. The molecule has 1 aliphatic heterocycles. The quantitative estimate of drug-likeness (QED) is 0.849. The molecule has 8 heteroatoms. The van der Waals surface area contributed by atoms with Crippen LogP contribution in [0.3, 0.4) is 0 Å². The number of halogens is 3. The van der Waals surface area contributed by atoms with Gasteiger partial charge in [0.05, 0.1) is 0 Å². The van der Waals surface area contributed by atoms with Gasteiger partial charge >= 0.3 is 12.1 Å². The molecule has 0 spiro atoms. The molecular formula is C13H11F3N2O3. The Hall–Kier alpha value is -2.38. The van der Waals surface area contributed by atoms with Gasteiger partial charge in [0.1, 0.15) is 11.4 Å². The van der Waals surface area contributed by atoms with Gasteiger partial charge in [0.15, 0.2) is 0 Å². The van der Waals surface area contributed by atoms with Gasteiger partial charge in [-0.05, 0) is 18.6 Å². The number of carbonyl (C=O) groups is 2. The number of carboxylic acids is 1. The molecule has 112 valence electrons. The minimum atomic E-state index is -4.38. The molecule has 0 radical (unpaired) electrons. The summed E-state index contributed by atoms with van der Waals surface area (Å²) >= 11 is 0. The Morgan fingerprint density at radius 3 is 2.43 bits per heavy atom. The van der Waals surface area contributed by atoms with Gasteiger partial charge in [0.25, 0.3) is 5.91 Å². The van der Waals surface area contributed by atoms with Gasteiger partial charge in [-0.1, -0.05) is 12.1 Å². The highest BCUT2D eigenvalue weighted by Gasteiger charge is 2.35. The Morgan fingerprint density at radius 1 is 1.24 bits per heavy atom. The van der Waals surface area contributed by atoms with Crippen LogP contribution >= 0.6 is 0 Å². The van der Waals surface area contributed by atoms with Crippen LogP contribution in [0.1, 0.15) is 27.4 Å². The second-order valence-electron chi connectivity index (χ2n) is 4.44. The number of carbonyl (C=O) groups excluding carboxylic acids is 1. The molecule has 0 aliphatic carbocycles. The van der Waals surface area contributed by atoms with Crippen LogP contribution in [0.5, 0.6) is 0 Å². The second kappa shape index (κ2) is 5.55. The summed E-state index contributed by atoms with van der Waals surface area (Å²) in [4.78, 5) is 27.8. The molecular weight excluding hydrogens is 289 g/mol. The van der Waals surface area contributed by atoms with E-state index in [0.717, 1.165) is 6.08 Å². The first-order valence-electron chi connectivity index (χ1n) is 6.05. The first kappa shape index (κ1) is 15.0. The highest BCUT2D eigenvalue weighted by Crippen LogP contribution is 2.30. The SMILES string of the molecule is O=C(O)c1cccc(C(=O)N2CC=C(C(F)(F)F)CC2)n1. The first-order chi connectivity index (χ1) is 9.79. The van der Waals surface area contributed by atoms with E-state index in [2.05, 4.69) is 4.98 Å². The number of pyridine rings is 1. The smallest absolute Gasteiger partial charge is 0.412 e. The van der Waals surface area contributed by atoms with Crippen molar-refractivity contribution in [3.8, 4) is 0 Å². The molecule has 21 heavy (non-hydrogen) atoms. The van der Waals surface area contributed by atoms with Crippen molar-refractivity contribution in [1.29, 1.82) is 0 Å². The maximum absolute atomic E-state index is 12.5. The molecule has 0 unspecified atom stereocenters. The number of rotatable bonds is 2. The Bertz CT molecular complexity index is 611.